The highest BCUT2D eigenvalue weighted by atomic mass is 19.4. The molecule has 1 fully saturated rings. The number of alkyl halides is 3. The number of carbonyl (C=O) groups is 1. The number of H-pyrrole nitrogens is 1. The number of aromatic amines is 1. The Hall–Kier alpha value is -4.09. The Balaban J connectivity index is 1.39. The van der Waals surface area contributed by atoms with Crippen LogP contribution in [-0.4, -0.2) is 52.0 Å². The third kappa shape index (κ3) is 4.95. The van der Waals surface area contributed by atoms with Crippen molar-refractivity contribution >= 4 is 23.4 Å². The summed E-state index contributed by atoms with van der Waals surface area (Å²) in [5, 5.41) is 14.1. The summed E-state index contributed by atoms with van der Waals surface area (Å²) >= 11 is 0. The van der Waals surface area contributed by atoms with Crippen molar-refractivity contribution in [1.82, 2.24) is 14.9 Å². The van der Waals surface area contributed by atoms with E-state index < -0.39 is 28.4 Å². The minimum Gasteiger partial charge on any atom is -0.362 e. The molecular weight excluding hydrogens is 453 g/mol. The first-order valence-corrected chi connectivity index (χ1v) is 10.4. The molecule has 0 saturated carbocycles. The number of piperazine rings is 1. The van der Waals surface area contributed by atoms with Gasteiger partial charge in [-0.3, -0.25) is 15.4 Å². The number of halogens is 3. The van der Waals surface area contributed by atoms with Crippen LogP contribution >= 0.6 is 0 Å². The number of urea groups is 1. The van der Waals surface area contributed by atoms with Gasteiger partial charge in [0.2, 0.25) is 5.95 Å². The Morgan fingerprint density at radius 3 is 2.41 bits per heavy atom. The molecule has 178 valence electrons. The maximum absolute atomic E-state index is 12.9. The number of amides is 2. The van der Waals surface area contributed by atoms with E-state index in [1.54, 1.807) is 11.1 Å². The molecule has 12 heteroatoms. The summed E-state index contributed by atoms with van der Waals surface area (Å²) in [7, 11) is 0. The Bertz CT molecular complexity index is 1200. The zero-order valence-corrected chi connectivity index (χ0v) is 18.1. The lowest BCUT2D eigenvalue weighted by atomic mass is 10.1. The van der Waals surface area contributed by atoms with Gasteiger partial charge in [0.05, 0.1) is 22.4 Å². The highest BCUT2D eigenvalue weighted by Gasteiger charge is 2.34. The van der Waals surface area contributed by atoms with Crippen molar-refractivity contribution < 1.29 is 22.9 Å². The standard InChI is InChI=1S/C22H21F3N6O3/c1-14-2-4-15(5-3-14)17-13-26-20(27-17)28-21(32)30-10-8-29(9-11-30)18-7-6-16(22(23,24)25)12-19(18)31(33)34/h2-7,12-13H,8-11H2,1H3,(H2,26,27,28,32). The lowest BCUT2D eigenvalue weighted by Gasteiger charge is -2.35. The predicted octanol–water partition coefficient (Wildman–Crippen LogP) is 4.67. The van der Waals surface area contributed by atoms with Crippen LogP contribution in [0.25, 0.3) is 11.3 Å². The normalized spacial score (nSPS) is 14.2. The molecule has 1 aliphatic heterocycles. The number of aromatic nitrogens is 2. The Kier molecular flexibility index (Phi) is 6.14. The molecule has 0 atom stereocenters. The molecular formula is C22H21F3N6O3. The van der Waals surface area contributed by atoms with Crippen LogP contribution in [0.5, 0.6) is 0 Å². The molecule has 2 aromatic carbocycles. The Labute approximate surface area is 192 Å². The van der Waals surface area contributed by atoms with Gasteiger partial charge in [-0.15, -0.1) is 0 Å². The lowest BCUT2D eigenvalue weighted by Crippen LogP contribution is -2.50. The van der Waals surface area contributed by atoms with Crippen molar-refractivity contribution in [2.24, 2.45) is 0 Å². The van der Waals surface area contributed by atoms with Gasteiger partial charge >= 0.3 is 12.2 Å². The first-order chi connectivity index (χ1) is 16.1. The van der Waals surface area contributed by atoms with Crippen LogP contribution in [0.2, 0.25) is 0 Å². The van der Waals surface area contributed by atoms with Gasteiger partial charge in [0, 0.05) is 32.2 Å². The van der Waals surface area contributed by atoms with E-state index >= 15 is 0 Å². The quantitative estimate of drug-likeness (QED) is 0.422. The maximum Gasteiger partial charge on any atom is 0.416 e. The van der Waals surface area contributed by atoms with Crippen LogP contribution in [0.15, 0.2) is 48.7 Å². The molecule has 1 aliphatic rings. The second-order valence-electron chi connectivity index (χ2n) is 7.87. The summed E-state index contributed by atoms with van der Waals surface area (Å²) < 4.78 is 38.8. The molecule has 0 bridgehead atoms. The van der Waals surface area contributed by atoms with E-state index in [9.17, 15) is 28.1 Å². The number of hydrogen-bond donors (Lipinski definition) is 2. The number of nitrogens with one attached hydrogen (secondary N) is 2. The first kappa shape index (κ1) is 23.1. The first-order valence-electron chi connectivity index (χ1n) is 10.4. The summed E-state index contributed by atoms with van der Waals surface area (Å²) in [5.41, 5.74) is 1.18. The SMILES string of the molecule is Cc1ccc(-c2cnc(NC(=O)N3CCN(c4ccc(C(F)(F)F)cc4[N+](=O)[O-])CC3)[nH]2)cc1. The summed E-state index contributed by atoms with van der Waals surface area (Å²) in [6.07, 6.45) is -3.06. The third-order valence-electron chi connectivity index (χ3n) is 5.57. The zero-order chi connectivity index (χ0) is 24.5. The van der Waals surface area contributed by atoms with E-state index in [1.807, 2.05) is 31.2 Å². The molecule has 34 heavy (non-hydrogen) atoms. The number of benzene rings is 2. The third-order valence-corrected chi connectivity index (χ3v) is 5.57. The number of carbonyl (C=O) groups excluding carboxylic acids is 1. The number of imidazole rings is 1. The molecule has 2 amide bonds. The Morgan fingerprint density at radius 2 is 1.79 bits per heavy atom. The van der Waals surface area contributed by atoms with Crippen LogP contribution in [0, 0.1) is 17.0 Å². The average molecular weight is 474 g/mol. The number of nitrogens with zero attached hydrogens (tertiary/aromatic N) is 4. The average Bonchev–Trinajstić information content (AvgIpc) is 3.27. The van der Waals surface area contributed by atoms with Gasteiger partial charge in [0.1, 0.15) is 5.69 Å². The van der Waals surface area contributed by atoms with Gasteiger partial charge in [-0.1, -0.05) is 29.8 Å². The monoisotopic (exact) mass is 474 g/mol. The fourth-order valence-electron chi connectivity index (χ4n) is 3.71. The van der Waals surface area contributed by atoms with E-state index in [2.05, 4.69) is 15.3 Å². The summed E-state index contributed by atoms with van der Waals surface area (Å²) in [6, 6.07) is 9.88. The van der Waals surface area contributed by atoms with E-state index in [-0.39, 0.29) is 37.8 Å². The summed E-state index contributed by atoms with van der Waals surface area (Å²) in [6.45, 7) is 2.90. The number of nitro groups is 1. The van der Waals surface area contributed by atoms with Crippen molar-refractivity contribution in [2.45, 2.75) is 13.1 Å². The number of nitro benzene ring substituents is 1. The fraction of sp³-hybridized carbons (Fsp3) is 0.273. The summed E-state index contributed by atoms with van der Waals surface area (Å²) in [4.78, 5) is 33.5. The van der Waals surface area contributed by atoms with Gasteiger partial charge < -0.3 is 14.8 Å². The van der Waals surface area contributed by atoms with Crippen molar-refractivity contribution in [1.29, 1.82) is 0 Å². The van der Waals surface area contributed by atoms with Crippen LogP contribution < -0.4 is 10.2 Å². The second-order valence-corrected chi connectivity index (χ2v) is 7.87. The van der Waals surface area contributed by atoms with Gasteiger partial charge in [-0.05, 0) is 24.6 Å². The zero-order valence-electron chi connectivity index (χ0n) is 18.1. The van der Waals surface area contributed by atoms with Crippen LogP contribution in [0.1, 0.15) is 11.1 Å². The van der Waals surface area contributed by atoms with Gasteiger partial charge in [0.15, 0.2) is 0 Å². The molecule has 0 aliphatic carbocycles. The largest absolute Gasteiger partial charge is 0.416 e. The number of aryl methyl sites for hydroxylation is 1. The molecule has 0 spiro atoms. The van der Waals surface area contributed by atoms with E-state index in [0.717, 1.165) is 29.0 Å². The lowest BCUT2D eigenvalue weighted by molar-refractivity contribution is -0.384. The van der Waals surface area contributed by atoms with Crippen LogP contribution in [0.4, 0.5) is 35.3 Å². The second kappa shape index (κ2) is 9.04. The number of rotatable bonds is 4. The molecule has 1 saturated heterocycles. The summed E-state index contributed by atoms with van der Waals surface area (Å²) in [5.74, 6) is 0.279. The van der Waals surface area contributed by atoms with Gasteiger partial charge in [-0.2, -0.15) is 13.2 Å². The maximum atomic E-state index is 12.9. The van der Waals surface area contributed by atoms with E-state index in [4.69, 9.17) is 0 Å². The highest BCUT2D eigenvalue weighted by Crippen LogP contribution is 2.36. The van der Waals surface area contributed by atoms with Crippen LogP contribution in [-0.2, 0) is 6.18 Å². The fourth-order valence-corrected chi connectivity index (χ4v) is 3.71. The van der Waals surface area contributed by atoms with Crippen molar-refractivity contribution in [3.8, 4) is 11.3 Å². The van der Waals surface area contributed by atoms with Crippen molar-refractivity contribution in [2.75, 3.05) is 36.4 Å². The number of hydrogen-bond acceptors (Lipinski definition) is 5. The van der Waals surface area contributed by atoms with E-state index in [0.29, 0.717) is 6.07 Å². The predicted molar refractivity (Wildman–Crippen MR) is 120 cm³/mol. The smallest absolute Gasteiger partial charge is 0.362 e. The van der Waals surface area contributed by atoms with Crippen molar-refractivity contribution in [3.63, 3.8) is 0 Å². The minimum absolute atomic E-state index is 0.0897. The molecule has 1 aromatic heterocycles. The van der Waals surface area contributed by atoms with E-state index in [1.165, 1.54) is 4.90 Å². The Morgan fingerprint density at radius 1 is 1.12 bits per heavy atom. The molecule has 0 unspecified atom stereocenters. The minimum atomic E-state index is -4.68. The van der Waals surface area contributed by atoms with Gasteiger partial charge in [0.25, 0.3) is 5.69 Å². The van der Waals surface area contributed by atoms with Crippen LogP contribution in [0.3, 0.4) is 0 Å². The molecule has 9 nitrogen and oxygen atoms in total. The number of anilines is 2. The highest BCUT2D eigenvalue weighted by molar-refractivity contribution is 5.88. The topological polar surface area (TPSA) is 107 Å². The molecule has 2 heterocycles. The molecule has 4 rings (SSSR count). The molecule has 2 N–H and O–H groups in total. The van der Waals surface area contributed by atoms with Gasteiger partial charge in [-0.25, -0.2) is 9.78 Å². The molecule has 3 aromatic rings. The molecule has 0 radical (unpaired) electrons. The van der Waals surface area contributed by atoms with Crippen molar-refractivity contribution in [3.05, 3.63) is 69.9 Å².